The summed E-state index contributed by atoms with van der Waals surface area (Å²) in [6, 6.07) is 9.55. The maximum absolute atomic E-state index is 12.6. The number of halogens is 4. The maximum Gasteiger partial charge on any atom is 0.387 e. The van der Waals surface area contributed by atoms with Crippen LogP contribution in [0.25, 0.3) is 0 Å². The minimum atomic E-state index is -2.94. The first kappa shape index (κ1) is 25.0. The van der Waals surface area contributed by atoms with Gasteiger partial charge in [0, 0.05) is 29.2 Å². The van der Waals surface area contributed by atoms with E-state index in [-0.39, 0.29) is 48.6 Å². The molecule has 0 unspecified atom stereocenters. The second kappa shape index (κ2) is 12.5. The number of para-hydroxylation sites is 1. The van der Waals surface area contributed by atoms with Crippen molar-refractivity contribution >= 4 is 41.5 Å². The number of rotatable bonds is 8. The molecule has 3 N–H and O–H groups in total. The number of nitrogens with zero attached hydrogens (tertiary/aromatic N) is 1. The van der Waals surface area contributed by atoms with E-state index in [9.17, 15) is 13.9 Å². The Kier molecular flexibility index (Phi) is 10.8. The molecule has 0 radical (unpaired) electrons. The van der Waals surface area contributed by atoms with E-state index in [4.69, 9.17) is 16.3 Å². The molecule has 0 aliphatic carbocycles. The summed E-state index contributed by atoms with van der Waals surface area (Å²) >= 11 is 5.95. The van der Waals surface area contributed by atoms with Crippen LogP contribution in [0.1, 0.15) is 18.1 Å². The normalized spacial score (nSPS) is 11.0. The van der Waals surface area contributed by atoms with Crippen molar-refractivity contribution in [3.63, 3.8) is 0 Å². The van der Waals surface area contributed by atoms with E-state index >= 15 is 0 Å². The summed E-state index contributed by atoms with van der Waals surface area (Å²) in [5.74, 6) is 0.863. The number of hydrogen-bond acceptors (Lipinski definition) is 4. The Balaban J connectivity index is 0.00000420. The third kappa shape index (κ3) is 7.73. The van der Waals surface area contributed by atoms with Gasteiger partial charge in [-0.05, 0) is 31.2 Å². The number of nitrogens with one attached hydrogen (secondary N) is 2. The molecular weight excluding hydrogens is 519 g/mol. The minimum absolute atomic E-state index is 0. The van der Waals surface area contributed by atoms with E-state index in [2.05, 4.69) is 20.4 Å². The third-order valence-electron chi connectivity index (χ3n) is 3.74. The number of phenolic OH excluding ortho intramolecular Hbond substituents is 1. The van der Waals surface area contributed by atoms with E-state index in [0.29, 0.717) is 34.4 Å². The van der Waals surface area contributed by atoms with Crippen molar-refractivity contribution < 1.29 is 23.4 Å². The van der Waals surface area contributed by atoms with Gasteiger partial charge in [0.2, 0.25) is 0 Å². The largest absolute Gasteiger partial charge is 0.504 e. The Bertz CT molecular complexity index is 825. The van der Waals surface area contributed by atoms with Crippen LogP contribution >= 0.6 is 35.6 Å². The van der Waals surface area contributed by atoms with Gasteiger partial charge in [-0.3, -0.25) is 0 Å². The van der Waals surface area contributed by atoms with Crippen LogP contribution in [0, 0.1) is 0 Å². The molecule has 0 aliphatic rings. The first-order valence-corrected chi connectivity index (χ1v) is 8.92. The molecule has 2 aromatic rings. The number of benzene rings is 2. The lowest BCUT2D eigenvalue weighted by atomic mass is 10.2. The van der Waals surface area contributed by atoms with Gasteiger partial charge >= 0.3 is 6.61 Å². The van der Waals surface area contributed by atoms with Crippen LogP contribution in [0.4, 0.5) is 8.78 Å². The highest BCUT2D eigenvalue weighted by atomic mass is 127. The Morgan fingerprint density at radius 1 is 1.17 bits per heavy atom. The zero-order valence-electron chi connectivity index (χ0n) is 15.9. The van der Waals surface area contributed by atoms with Crippen molar-refractivity contribution in [2.75, 3.05) is 13.7 Å². The molecule has 0 aliphatic heterocycles. The summed E-state index contributed by atoms with van der Waals surface area (Å²) in [7, 11) is 1.47. The van der Waals surface area contributed by atoms with Crippen molar-refractivity contribution in [1.82, 2.24) is 10.6 Å². The van der Waals surface area contributed by atoms with E-state index in [0.717, 1.165) is 0 Å². The van der Waals surface area contributed by atoms with Crippen LogP contribution in [-0.4, -0.2) is 31.3 Å². The van der Waals surface area contributed by atoms with Crippen LogP contribution < -0.4 is 20.1 Å². The van der Waals surface area contributed by atoms with Gasteiger partial charge in [-0.15, -0.1) is 24.0 Å². The Morgan fingerprint density at radius 3 is 2.59 bits per heavy atom. The molecule has 6 nitrogen and oxygen atoms in total. The van der Waals surface area contributed by atoms with E-state index in [1.807, 2.05) is 6.92 Å². The SMILES string of the molecule is CCNC(=NCc1cc(Cl)ccc1OC(F)F)NCc1cccc(OC)c1O.I. The van der Waals surface area contributed by atoms with Crippen molar-refractivity contribution in [3.05, 3.63) is 52.5 Å². The van der Waals surface area contributed by atoms with Gasteiger partial charge in [-0.2, -0.15) is 8.78 Å². The van der Waals surface area contributed by atoms with Crippen molar-refractivity contribution in [2.24, 2.45) is 4.99 Å². The number of hydrogen-bond donors (Lipinski definition) is 3. The highest BCUT2D eigenvalue weighted by Crippen LogP contribution is 2.29. The van der Waals surface area contributed by atoms with Gasteiger partial charge in [0.15, 0.2) is 17.5 Å². The Labute approximate surface area is 190 Å². The Hall–Kier alpha value is -2.01. The van der Waals surface area contributed by atoms with Gasteiger partial charge in [0.05, 0.1) is 13.7 Å². The van der Waals surface area contributed by atoms with Gasteiger partial charge in [-0.1, -0.05) is 23.7 Å². The fourth-order valence-electron chi connectivity index (χ4n) is 2.44. The summed E-state index contributed by atoms with van der Waals surface area (Å²) in [6.45, 7) is -0.102. The second-order valence-corrected chi connectivity index (χ2v) is 6.08. The lowest BCUT2D eigenvalue weighted by Crippen LogP contribution is -2.36. The lowest BCUT2D eigenvalue weighted by Gasteiger charge is -2.14. The molecule has 0 heterocycles. The van der Waals surface area contributed by atoms with E-state index in [1.54, 1.807) is 18.2 Å². The number of alkyl halides is 2. The average Bonchev–Trinajstić information content (AvgIpc) is 2.66. The highest BCUT2D eigenvalue weighted by Gasteiger charge is 2.11. The summed E-state index contributed by atoms with van der Waals surface area (Å²) in [5.41, 5.74) is 1.05. The molecule has 0 atom stereocenters. The molecule has 0 amide bonds. The Morgan fingerprint density at radius 2 is 1.93 bits per heavy atom. The standard InChI is InChI=1S/C19H22ClF2N3O3.HI/c1-3-23-19(24-10-12-5-4-6-16(27-2)17(12)26)25-11-13-9-14(20)7-8-15(13)28-18(21)22;/h4-9,18,26H,3,10-11H2,1-2H3,(H2,23,24,25);1H. The van der Waals surface area contributed by atoms with Crippen LogP contribution in [0.15, 0.2) is 41.4 Å². The molecule has 2 aromatic carbocycles. The predicted molar refractivity (Wildman–Crippen MR) is 120 cm³/mol. The molecular formula is C19H23ClF2IN3O3. The van der Waals surface area contributed by atoms with Crippen LogP contribution in [0.2, 0.25) is 5.02 Å². The number of ether oxygens (including phenoxy) is 2. The fraction of sp³-hybridized carbons (Fsp3) is 0.316. The van der Waals surface area contributed by atoms with Gasteiger partial charge in [-0.25, -0.2) is 4.99 Å². The number of phenols is 1. The highest BCUT2D eigenvalue weighted by molar-refractivity contribution is 14.0. The van der Waals surface area contributed by atoms with E-state index < -0.39 is 6.61 Å². The van der Waals surface area contributed by atoms with Gasteiger partial charge in [0.25, 0.3) is 0 Å². The molecule has 0 aromatic heterocycles. The van der Waals surface area contributed by atoms with Crippen LogP contribution in [-0.2, 0) is 13.1 Å². The van der Waals surface area contributed by atoms with Crippen LogP contribution in [0.3, 0.4) is 0 Å². The molecule has 0 saturated heterocycles. The number of aliphatic imine (C=N–C) groups is 1. The number of methoxy groups -OCH3 is 1. The summed E-state index contributed by atoms with van der Waals surface area (Å²) in [5, 5.41) is 16.7. The van der Waals surface area contributed by atoms with Crippen molar-refractivity contribution in [3.8, 4) is 17.2 Å². The number of guanidine groups is 1. The zero-order chi connectivity index (χ0) is 20.5. The molecule has 0 bridgehead atoms. The smallest absolute Gasteiger partial charge is 0.387 e. The fourth-order valence-corrected chi connectivity index (χ4v) is 2.64. The van der Waals surface area contributed by atoms with Gasteiger partial charge < -0.3 is 25.2 Å². The topological polar surface area (TPSA) is 75.1 Å². The predicted octanol–water partition coefficient (Wildman–Crippen LogP) is 4.53. The molecule has 29 heavy (non-hydrogen) atoms. The molecule has 0 saturated carbocycles. The summed E-state index contributed by atoms with van der Waals surface area (Å²) < 4.78 is 34.8. The molecule has 0 spiro atoms. The lowest BCUT2D eigenvalue weighted by molar-refractivity contribution is -0.0504. The molecule has 10 heteroatoms. The second-order valence-electron chi connectivity index (χ2n) is 5.65. The molecule has 0 fully saturated rings. The van der Waals surface area contributed by atoms with Crippen LogP contribution in [0.5, 0.6) is 17.2 Å². The molecule has 160 valence electrons. The summed E-state index contributed by atoms with van der Waals surface area (Å²) in [6.07, 6.45) is 0. The van der Waals surface area contributed by atoms with E-state index in [1.165, 1.54) is 25.3 Å². The third-order valence-corrected chi connectivity index (χ3v) is 3.97. The minimum Gasteiger partial charge on any atom is -0.504 e. The zero-order valence-corrected chi connectivity index (χ0v) is 19.0. The maximum atomic E-state index is 12.6. The van der Waals surface area contributed by atoms with Gasteiger partial charge in [0.1, 0.15) is 5.75 Å². The molecule has 2 rings (SSSR count). The van der Waals surface area contributed by atoms with Crippen molar-refractivity contribution in [2.45, 2.75) is 26.6 Å². The first-order valence-electron chi connectivity index (χ1n) is 8.54. The van der Waals surface area contributed by atoms with Crippen molar-refractivity contribution in [1.29, 1.82) is 0 Å². The summed E-state index contributed by atoms with van der Waals surface area (Å²) in [4.78, 5) is 4.38. The first-order chi connectivity index (χ1) is 13.4. The number of aromatic hydroxyl groups is 1. The quantitative estimate of drug-likeness (QED) is 0.260. The average molecular weight is 542 g/mol. The monoisotopic (exact) mass is 541 g/mol.